The molecule has 0 unspecified atom stereocenters. The number of aromatic carboxylic acids is 1. The van der Waals surface area contributed by atoms with Crippen LogP contribution in [0.4, 0.5) is 0 Å². The summed E-state index contributed by atoms with van der Waals surface area (Å²) in [5, 5.41) is 10.2. The highest BCUT2D eigenvalue weighted by atomic mass is 32.2. The Morgan fingerprint density at radius 2 is 1.94 bits per heavy atom. The first-order valence-electron chi connectivity index (χ1n) is 5.32. The molecule has 0 saturated heterocycles. The fourth-order valence-electron chi connectivity index (χ4n) is 1.25. The second-order valence-corrected chi connectivity index (χ2v) is 5.84. The number of hydrogen-bond acceptors (Lipinski definition) is 3. The molecule has 1 rings (SSSR count). The second-order valence-electron chi connectivity index (χ2n) is 4.25. The Kier molecular flexibility index (Phi) is 4.35. The number of nitrogens with zero attached hydrogens (tertiary/aromatic N) is 1. The fraction of sp³-hybridized carbons (Fsp3) is 0.500. The molecule has 4 heteroatoms. The van der Waals surface area contributed by atoms with Crippen molar-refractivity contribution in [2.75, 3.05) is 0 Å². The van der Waals surface area contributed by atoms with E-state index in [2.05, 4.69) is 18.8 Å². The van der Waals surface area contributed by atoms with E-state index < -0.39 is 5.97 Å². The highest BCUT2D eigenvalue weighted by molar-refractivity contribution is 7.99. The van der Waals surface area contributed by atoms with Gasteiger partial charge in [0.25, 0.3) is 0 Å². The van der Waals surface area contributed by atoms with Gasteiger partial charge in [0.1, 0.15) is 0 Å². The van der Waals surface area contributed by atoms with Gasteiger partial charge in [-0.25, -0.2) is 9.78 Å². The molecule has 1 heterocycles. The number of carboxylic acid groups (broad SMARTS) is 1. The van der Waals surface area contributed by atoms with Crippen LogP contribution >= 0.6 is 11.8 Å². The van der Waals surface area contributed by atoms with Crippen LogP contribution in [0.1, 0.15) is 49.7 Å². The molecule has 1 aromatic heterocycles. The number of thioether (sulfide) groups is 1. The van der Waals surface area contributed by atoms with Crippen LogP contribution in [0.25, 0.3) is 0 Å². The van der Waals surface area contributed by atoms with E-state index in [1.165, 1.54) is 0 Å². The van der Waals surface area contributed by atoms with Gasteiger partial charge in [0.15, 0.2) is 0 Å². The molecule has 1 aromatic rings. The van der Waals surface area contributed by atoms with Crippen molar-refractivity contribution in [3.05, 3.63) is 23.4 Å². The maximum atomic E-state index is 11.0. The molecule has 0 aliphatic heterocycles. The Hall–Kier alpha value is -1.03. The third-order valence-electron chi connectivity index (χ3n) is 2.02. The van der Waals surface area contributed by atoms with E-state index in [1.807, 2.05) is 13.8 Å². The van der Waals surface area contributed by atoms with Crippen molar-refractivity contribution in [3.8, 4) is 0 Å². The highest BCUT2D eigenvalue weighted by Gasteiger charge is 2.11. The van der Waals surface area contributed by atoms with Gasteiger partial charge in [0.2, 0.25) is 0 Å². The first-order valence-corrected chi connectivity index (χ1v) is 6.20. The lowest BCUT2D eigenvalue weighted by atomic mass is 10.1. The Morgan fingerprint density at radius 1 is 1.31 bits per heavy atom. The van der Waals surface area contributed by atoms with Gasteiger partial charge in [-0.3, -0.25) is 0 Å². The average Bonchev–Trinajstić information content (AvgIpc) is 2.15. The number of carbonyl (C=O) groups is 1. The van der Waals surface area contributed by atoms with E-state index >= 15 is 0 Å². The van der Waals surface area contributed by atoms with Crippen LogP contribution < -0.4 is 0 Å². The molecule has 0 bridgehead atoms. The van der Waals surface area contributed by atoms with Crippen LogP contribution in [-0.2, 0) is 0 Å². The maximum absolute atomic E-state index is 11.0. The van der Waals surface area contributed by atoms with Crippen LogP contribution in [0.2, 0.25) is 0 Å². The zero-order valence-electron chi connectivity index (χ0n) is 10.0. The van der Waals surface area contributed by atoms with Gasteiger partial charge in [-0.05, 0) is 18.1 Å². The van der Waals surface area contributed by atoms with Crippen molar-refractivity contribution < 1.29 is 9.90 Å². The summed E-state index contributed by atoms with van der Waals surface area (Å²) in [6.45, 7) is 8.15. The lowest BCUT2D eigenvalue weighted by Crippen LogP contribution is -2.03. The summed E-state index contributed by atoms with van der Waals surface area (Å²) in [7, 11) is 0. The van der Waals surface area contributed by atoms with Gasteiger partial charge in [-0.1, -0.05) is 27.7 Å². The monoisotopic (exact) mass is 239 g/mol. The van der Waals surface area contributed by atoms with Crippen molar-refractivity contribution in [1.29, 1.82) is 0 Å². The number of pyridine rings is 1. The first-order chi connectivity index (χ1) is 7.40. The lowest BCUT2D eigenvalue weighted by molar-refractivity contribution is 0.0696. The Balaban J connectivity index is 3.13. The van der Waals surface area contributed by atoms with Crippen LogP contribution in [0, 0.1) is 0 Å². The molecule has 0 spiro atoms. The Morgan fingerprint density at radius 3 is 2.38 bits per heavy atom. The molecule has 0 amide bonds. The molecule has 3 nitrogen and oxygen atoms in total. The third kappa shape index (κ3) is 3.52. The molecule has 0 radical (unpaired) electrons. The molecule has 0 saturated carbocycles. The van der Waals surface area contributed by atoms with Gasteiger partial charge < -0.3 is 5.11 Å². The van der Waals surface area contributed by atoms with Crippen LogP contribution in [0.3, 0.4) is 0 Å². The van der Waals surface area contributed by atoms with E-state index in [0.717, 1.165) is 10.7 Å². The van der Waals surface area contributed by atoms with Crippen LogP contribution in [0.5, 0.6) is 0 Å². The summed E-state index contributed by atoms with van der Waals surface area (Å²) in [6, 6.07) is 3.29. The van der Waals surface area contributed by atoms with Gasteiger partial charge in [-0.15, -0.1) is 11.8 Å². The normalized spacial score (nSPS) is 11.1. The minimum absolute atomic E-state index is 0.241. The third-order valence-corrected chi connectivity index (χ3v) is 2.94. The molecule has 0 fully saturated rings. The molecule has 88 valence electrons. The van der Waals surface area contributed by atoms with Crippen molar-refractivity contribution in [1.82, 2.24) is 4.98 Å². The zero-order chi connectivity index (χ0) is 12.3. The molecular formula is C12H17NO2S. The Labute approximate surface area is 100 Å². The summed E-state index contributed by atoms with van der Waals surface area (Å²) in [4.78, 5) is 15.4. The van der Waals surface area contributed by atoms with Gasteiger partial charge >= 0.3 is 5.97 Å². The number of aromatic nitrogens is 1. The van der Waals surface area contributed by atoms with Crippen molar-refractivity contribution >= 4 is 17.7 Å². The molecule has 0 aliphatic rings. The number of hydrogen-bond donors (Lipinski definition) is 1. The number of rotatable bonds is 4. The maximum Gasteiger partial charge on any atom is 0.335 e. The Bertz CT molecular complexity index is 389. The minimum atomic E-state index is -0.894. The van der Waals surface area contributed by atoms with Gasteiger partial charge in [0, 0.05) is 10.9 Å². The quantitative estimate of drug-likeness (QED) is 0.818. The topological polar surface area (TPSA) is 50.2 Å². The van der Waals surface area contributed by atoms with Crippen LogP contribution in [-0.4, -0.2) is 21.3 Å². The van der Waals surface area contributed by atoms with Gasteiger partial charge in [-0.2, -0.15) is 0 Å². The molecule has 16 heavy (non-hydrogen) atoms. The molecule has 0 atom stereocenters. The van der Waals surface area contributed by atoms with E-state index in [1.54, 1.807) is 23.9 Å². The van der Waals surface area contributed by atoms with Crippen molar-refractivity contribution in [2.24, 2.45) is 0 Å². The summed E-state index contributed by atoms with van der Waals surface area (Å²) < 4.78 is 0. The lowest BCUT2D eigenvalue weighted by Gasteiger charge is -2.10. The van der Waals surface area contributed by atoms with Crippen LogP contribution in [0.15, 0.2) is 17.2 Å². The predicted molar refractivity (Wildman–Crippen MR) is 66.3 cm³/mol. The molecule has 0 aliphatic carbocycles. The van der Waals surface area contributed by atoms with E-state index in [0.29, 0.717) is 10.8 Å². The smallest absolute Gasteiger partial charge is 0.335 e. The van der Waals surface area contributed by atoms with E-state index in [9.17, 15) is 4.79 Å². The fourth-order valence-corrected chi connectivity index (χ4v) is 2.08. The highest BCUT2D eigenvalue weighted by Crippen LogP contribution is 2.24. The number of carboxylic acids is 1. The summed E-state index contributed by atoms with van der Waals surface area (Å²) >= 11 is 1.59. The van der Waals surface area contributed by atoms with E-state index in [4.69, 9.17) is 5.11 Å². The standard InChI is InChI=1S/C12H17NO2S/c1-7(2)10-5-9(12(14)15)6-11(13-10)16-8(3)4/h5-8H,1-4H3,(H,14,15). The van der Waals surface area contributed by atoms with Gasteiger partial charge in [0.05, 0.1) is 10.6 Å². The second kappa shape index (κ2) is 5.34. The minimum Gasteiger partial charge on any atom is -0.478 e. The molecule has 1 N–H and O–H groups in total. The van der Waals surface area contributed by atoms with E-state index in [-0.39, 0.29) is 5.92 Å². The SMILES string of the molecule is CC(C)Sc1cc(C(=O)O)cc(C(C)C)n1. The largest absolute Gasteiger partial charge is 0.478 e. The summed E-state index contributed by atoms with van der Waals surface area (Å²) in [5.41, 5.74) is 1.16. The zero-order valence-corrected chi connectivity index (χ0v) is 10.8. The van der Waals surface area contributed by atoms with Crippen molar-refractivity contribution in [3.63, 3.8) is 0 Å². The van der Waals surface area contributed by atoms with Crippen molar-refractivity contribution in [2.45, 2.75) is 43.9 Å². The molecular weight excluding hydrogens is 222 g/mol. The molecule has 0 aromatic carbocycles. The first kappa shape index (κ1) is 13.0. The summed E-state index contributed by atoms with van der Waals surface area (Å²) in [5.74, 6) is -0.652. The average molecular weight is 239 g/mol. The summed E-state index contributed by atoms with van der Waals surface area (Å²) in [6.07, 6.45) is 0. The predicted octanol–water partition coefficient (Wildman–Crippen LogP) is 3.40.